The zero-order chi connectivity index (χ0) is 16.4. The minimum Gasteiger partial charge on any atom is -0.356 e. The molecule has 5 nitrogen and oxygen atoms in total. The SMILES string of the molecule is O=C(CCCn1cccn1)N[C@@H]1CCCc2c1[nH]c1ccccc21. The maximum atomic E-state index is 12.3. The highest BCUT2D eigenvalue weighted by Crippen LogP contribution is 2.34. The van der Waals surface area contributed by atoms with Gasteiger partial charge in [-0.05, 0) is 43.4 Å². The minimum absolute atomic E-state index is 0.110. The van der Waals surface area contributed by atoms with Crippen molar-refractivity contribution in [1.82, 2.24) is 20.1 Å². The molecule has 1 aliphatic carbocycles. The Labute approximate surface area is 141 Å². The lowest BCUT2D eigenvalue weighted by molar-refractivity contribution is -0.122. The molecule has 2 heterocycles. The lowest BCUT2D eigenvalue weighted by atomic mass is 9.91. The summed E-state index contributed by atoms with van der Waals surface area (Å²) in [6.07, 6.45) is 8.24. The molecule has 0 saturated heterocycles. The molecular weight excluding hydrogens is 300 g/mol. The van der Waals surface area contributed by atoms with Gasteiger partial charge in [0.2, 0.25) is 5.91 Å². The number of nitrogens with one attached hydrogen (secondary N) is 2. The van der Waals surface area contributed by atoms with E-state index in [0.29, 0.717) is 6.42 Å². The molecule has 0 radical (unpaired) electrons. The molecule has 0 bridgehead atoms. The van der Waals surface area contributed by atoms with Crippen LogP contribution < -0.4 is 5.32 Å². The molecule has 2 aromatic heterocycles. The van der Waals surface area contributed by atoms with Crippen LogP contribution in [0, 0.1) is 0 Å². The van der Waals surface area contributed by atoms with Gasteiger partial charge >= 0.3 is 0 Å². The van der Waals surface area contributed by atoms with E-state index in [9.17, 15) is 4.79 Å². The summed E-state index contributed by atoms with van der Waals surface area (Å²) in [5.41, 5.74) is 3.74. The number of H-pyrrole nitrogens is 1. The molecule has 124 valence electrons. The predicted molar refractivity (Wildman–Crippen MR) is 93.6 cm³/mol. The van der Waals surface area contributed by atoms with Crippen molar-refractivity contribution in [2.75, 3.05) is 0 Å². The van der Waals surface area contributed by atoms with Gasteiger partial charge in [-0.2, -0.15) is 5.10 Å². The molecule has 0 unspecified atom stereocenters. The maximum Gasteiger partial charge on any atom is 0.220 e. The molecule has 1 amide bonds. The summed E-state index contributed by atoms with van der Waals surface area (Å²) in [4.78, 5) is 15.8. The number of carbonyl (C=O) groups is 1. The van der Waals surface area contributed by atoms with E-state index < -0.39 is 0 Å². The van der Waals surface area contributed by atoms with E-state index >= 15 is 0 Å². The highest BCUT2D eigenvalue weighted by Gasteiger charge is 2.25. The van der Waals surface area contributed by atoms with Gasteiger partial charge in [0.25, 0.3) is 0 Å². The Bertz CT molecular complexity index is 834. The Morgan fingerprint density at radius 1 is 1.33 bits per heavy atom. The average Bonchev–Trinajstić information content (AvgIpc) is 3.23. The highest BCUT2D eigenvalue weighted by molar-refractivity contribution is 5.85. The molecule has 4 rings (SSSR count). The summed E-state index contributed by atoms with van der Waals surface area (Å²) < 4.78 is 1.86. The molecule has 1 aliphatic rings. The number of amides is 1. The molecule has 0 fully saturated rings. The van der Waals surface area contributed by atoms with Gasteiger partial charge in [0.05, 0.1) is 6.04 Å². The first kappa shape index (κ1) is 15.0. The summed E-state index contributed by atoms with van der Waals surface area (Å²) in [5.74, 6) is 0.124. The van der Waals surface area contributed by atoms with E-state index in [1.165, 1.54) is 22.2 Å². The molecule has 2 N–H and O–H groups in total. The Hall–Kier alpha value is -2.56. The van der Waals surface area contributed by atoms with Gasteiger partial charge in [0.15, 0.2) is 0 Å². The third-order valence-electron chi connectivity index (χ3n) is 4.80. The van der Waals surface area contributed by atoms with Gasteiger partial charge in [-0.25, -0.2) is 0 Å². The van der Waals surface area contributed by atoms with E-state index in [2.05, 4.69) is 33.6 Å². The fraction of sp³-hybridized carbons (Fsp3) is 0.368. The lowest BCUT2D eigenvalue weighted by Gasteiger charge is -2.24. The van der Waals surface area contributed by atoms with Crippen LogP contribution in [0.5, 0.6) is 0 Å². The first-order chi connectivity index (χ1) is 11.8. The number of para-hydroxylation sites is 1. The van der Waals surface area contributed by atoms with Gasteiger partial charge in [-0.3, -0.25) is 9.48 Å². The van der Waals surface area contributed by atoms with Gasteiger partial charge in [0, 0.05) is 42.0 Å². The van der Waals surface area contributed by atoms with Crippen molar-refractivity contribution in [1.29, 1.82) is 0 Å². The third kappa shape index (κ3) is 2.94. The van der Waals surface area contributed by atoms with E-state index in [4.69, 9.17) is 0 Å². The summed E-state index contributed by atoms with van der Waals surface area (Å²) >= 11 is 0. The number of fused-ring (bicyclic) bond motifs is 3. The molecule has 3 aromatic rings. The number of aromatic amines is 1. The summed E-state index contributed by atoms with van der Waals surface area (Å²) in [6.45, 7) is 0.780. The van der Waals surface area contributed by atoms with Crippen molar-refractivity contribution in [2.24, 2.45) is 0 Å². The quantitative estimate of drug-likeness (QED) is 0.757. The largest absolute Gasteiger partial charge is 0.356 e. The van der Waals surface area contributed by atoms with Crippen molar-refractivity contribution in [3.05, 3.63) is 54.0 Å². The molecule has 1 aromatic carbocycles. The second kappa shape index (κ2) is 6.51. The van der Waals surface area contributed by atoms with Crippen LogP contribution in [0.15, 0.2) is 42.7 Å². The maximum absolute atomic E-state index is 12.3. The fourth-order valence-corrected chi connectivity index (χ4v) is 3.66. The van der Waals surface area contributed by atoms with Crippen LogP contribution in [-0.2, 0) is 17.8 Å². The number of nitrogens with zero attached hydrogens (tertiary/aromatic N) is 2. The van der Waals surface area contributed by atoms with E-state index in [1.807, 2.05) is 23.0 Å². The van der Waals surface area contributed by atoms with Crippen molar-refractivity contribution in [2.45, 2.75) is 44.7 Å². The van der Waals surface area contributed by atoms with Crippen LogP contribution in [0.1, 0.15) is 43.0 Å². The van der Waals surface area contributed by atoms with Crippen LogP contribution in [0.2, 0.25) is 0 Å². The third-order valence-corrected chi connectivity index (χ3v) is 4.80. The first-order valence-corrected chi connectivity index (χ1v) is 8.67. The predicted octanol–water partition coefficient (Wildman–Crippen LogP) is 3.34. The van der Waals surface area contributed by atoms with Crippen molar-refractivity contribution in [3.63, 3.8) is 0 Å². The van der Waals surface area contributed by atoms with E-state index in [-0.39, 0.29) is 11.9 Å². The Balaban J connectivity index is 1.41. The van der Waals surface area contributed by atoms with Gasteiger partial charge in [-0.15, -0.1) is 0 Å². The van der Waals surface area contributed by atoms with Crippen molar-refractivity contribution >= 4 is 16.8 Å². The van der Waals surface area contributed by atoms with Gasteiger partial charge in [-0.1, -0.05) is 18.2 Å². The highest BCUT2D eigenvalue weighted by atomic mass is 16.1. The molecule has 1 atom stereocenters. The number of benzene rings is 1. The Morgan fingerprint density at radius 3 is 3.12 bits per heavy atom. The number of aryl methyl sites for hydroxylation is 2. The normalized spacial score (nSPS) is 16.9. The standard InChI is InChI=1S/C19H22N4O/c24-18(10-4-12-23-13-5-11-20-23)21-17-9-3-7-15-14-6-1-2-8-16(14)22-19(15)17/h1-2,5-6,8,11,13,17,22H,3-4,7,9-10,12H2,(H,21,24)/t17-/m1/s1. The lowest BCUT2D eigenvalue weighted by Crippen LogP contribution is -2.31. The molecule has 5 heteroatoms. The van der Waals surface area contributed by atoms with Crippen LogP contribution in [0.25, 0.3) is 10.9 Å². The Kier molecular flexibility index (Phi) is 4.07. The summed E-state index contributed by atoms with van der Waals surface area (Å²) in [7, 11) is 0. The number of rotatable bonds is 5. The second-order valence-corrected chi connectivity index (χ2v) is 6.45. The van der Waals surface area contributed by atoms with Crippen LogP contribution in [0.4, 0.5) is 0 Å². The zero-order valence-corrected chi connectivity index (χ0v) is 13.7. The first-order valence-electron chi connectivity index (χ1n) is 8.67. The number of aromatic nitrogens is 3. The monoisotopic (exact) mass is 322 g/mol. The molecule has 24 heavy (non-hydrogen) atoms. The summed E-state index contributed by atoms with van der Waals surface area (Å²) in [5, 5.41) is 8.68. The number of hydrogen-bond donors (Lipinski definition) is 2. The molecule has 0 aliphatic heterocycles. The van der Waals surface area contributed by atoms with Crippen molar-refractivity contribution < 1.29 is 4.79 Å². The van der Waals surface area contributed by atoms with E-state index in [1.54, 1.807) is 6.20 Å². The summed E-state index contributed by atoms with van der Waals surface area (Å²) in [6, 6.07) is 10.4. The van der Waals surface area contributed by atoms with Crippen LogP contribution in [0.3, 0.4) is 0 Å². The number of hydrogen-bond acceptors (Lipinski definition) is 2. The van der Waals surface area contributed by atoms with Crippen LogP contribution in [-0.4, -0.2) is 20.7 Å². The smallest absolute Gasteiger partial charge is 0.220 e. The van der Waals surface area contributed by atoms with E-state index in [0.717, 1.165) is 32.2 Å². The Morgan fingerprint density at radius 2 is 2.25 bits per heavy atom. The molecular formula is C19H22N4O. The van der Waals surface area contributed by atoms with Gasteiger partial charge in [0.1, 0.15) is 0 Å². The van der Waals surface area contributed by atoms with Crippen LogP contribution >= 0.6 is 0 Å². The molecule has 0 saturated carbocycles. The number of carbonyl (C=O) groups excluding carboxylic acids is 1. The fourth-order valence-electron chi connectivity index (χ4n) is 3.66. The average molecular weight is 322 g/mol. The second-order valence-electron chi connectivity index (χ2n) is 6.45. The molecule has 0 spiro atoms. The van der Waals surface area contributed by atoms with Gasteiger partial charge < -0.3 is 10.3 Å². The minimum atomic E-state index is 0.110. The zero-order valence-electron chi connectivity index (χ0n) is 13.7. The van der Waals surface area contributed by atoms with Crippen molar-refractivity contribution in [3.8, 4) is 0 Å². The topological polar surface area (TPSA) is 62.7 Å².